The van der Waals surface area contributed by atoms with Crippen molar-refractivity contribution in [3.8, 4) is 0 Å². The zero-order valence-corrected chi connectivity index (χ0v) is 12.0. The summed E-state index contributed by atoms with van der Waals surface area (Å²) in [6.07, 6.45) is 5.90. The molecule has 20 heavy (non-hydrogen) atoms. The second-order valence-corrected chi connectivity index (χ2v) is 5.32. The first-order chi connectivity index (χ1) is 9.66. The van der Waals surface area contributed by atoms with Crippen LogP contribution in [0.4, 0.5) is 5.69 Å². The number of benzene rings is 1. The van der Waals surface area contributed by atoms with Crippen molar-refractivity contribution < 1.29 is 9.59 Å². The fourth-order valence-corrected chi connectivity index (χ4v) is 2.53. The van der Waals surface area contributed by atoms with Crippen molar-refractivity contribution >= 4 is 17.5 Å². The first kappa shape index (κ1) is 14.6. The van der Waals surface area contributed by atoms with E-state index in [1.54, 1.807) is 24.3 Å². The van der Waals surface area contributed by atoms with Gasteiger partial charge in [0.15, 0.2) is 0 Å². The predicted molar refractivity (Wildman–Crippen MR) is 79.7 cm³/mol. The van der Waals surface area contributed by atoms with Gasteiger partial charge < -0.3 is 10.2 Å². The van der Waals surface area contributed by atoms with E-state index in [9.17, 15) is 9.59 Å². The van der Waals surface area contributed by atoms with Gasteiger partial charge in [-0.25, -0.2) is 0 Å². The third kappa shape index (κ3) is 4.08. The molecule has 108 valence electrons. The molecule has 1 aromatic carbocycles. The summed E-state index contributed by atoms with van der Waals surface area (Å²) >= 11 is 0. The number of rotatable bonds is 2. The van der Waals surface area contributed by atoms with Crippen molar-refractivity contribution in [3.63, 3.8) is 0 Å². The second kappa shape index (κ2) is 7.08. The first-order valence-corrected chi connectivity index (χ1v) is 7.34. The standard InChI is InChI=1S/C16H22N2O2/c1-13(19)17-15-9-7-14(8-10-15)16(20)18-11-5-3-2-4-6-12-18/h7-10H,2-6,11-12H2,1H3,(H,17,19). The van der Waals surface area contributed by atoms with E-state index in [0.29, 0.717) is 5.56 Å². The molecular weight excluding hydrogens is 252 g/mol. The molecule has 1 heterocycles. The van der Waals surface area contributed by atoms with E-state index in [1.165, 1.54) is 26.2 Å². The van der Waals surface area contributed by atoms with Gasteiger partial charge in [0.05, 0.1) is 0 Å². The molecule has 1 aliphatic rings. The highest BCUT2D eigenvalue weighted by Gasteiger charge is 2.16. The molecule has 0 spiro atoms. The Hall–Kier alpha value is -1.84. The molecule has 1 aromatic rings. The average molecular weight is 274 g/mol. The van der Waals surface area contributed by atoms with E-state index >= 15 is 0 Å². The van der Waals surface area contributed by atoms with Gasteiger partial charge in [-0.3, -0.25) is 9.59 Å². The van der Waals surface area contributed by atoms with Gasteiger partial charge in [0.1, 0.15) is 0 Å². The summed E-state index contributed by atoms with van der Waals surface area (Å²) in [6, 6.07) is 7.12. The van der Waals surface area contributed by atoms with E-state index in [4.69, 9.17) is 0 Å². The van der Waals surface area contributed by atoms with Crippen molar-refractivity contribution in [2.24, 2.45) is 0 Å². The fraction of sp³-hybridized carbons (Fsp3) is 0.500. The van der Waals surface area contributed by atoms with Crippen LogP contribution in [0.2, 0.25) is 0 Å². The summed E-state index contributed by atoms with van der Waals surface area (Å²) in [5.74, 6) is -0.00544. The van der Waals surface area contributed by atoms with Crippen LogP contribution in [-0.2, 0) is 4.79 Å². The molecule has 0 unspecified atom stereocenters. The lowest BCUT2D eigenvalue weighted by molar-refractivity contribution is -0.114. The minimum atomic E-state index is -0.104. The second-order valence-electron chi connectivity index (χ2n) is 5.32. The van der Waals surface area contributed by atoms with Gasteiger partial charge in [-0.2, -0.15) is 0 Å². The molecule has 1 N–H and O–H groups in total. The summed E-state index contributed by atoms with van der Waals surface area (Å²) in [6.45, 7) is 3.18. The molecule has 0 atom stereocenters. The third-order valence-electron chi connectivity index (χ3n) is 3.60. The molecule has 1 fully saturated rings. The molecule has 0 aromatic heterocycles. The van der Waals surface area contributed by atoms with Crippen molar-refractivity contribution in [2.45, 2.75) is 39.0 Å². The molecule has 2 rings (SSSR count). The number of hydrogen-bond acceptors (Lipinski definition) is 2. The number of anilines is 1. The molecule has 1 saturated heterocycles. The van der Waals surface area contributed by atoms with Crippen LogP contribution in [0, 0.1) is 0 Å². The predicted octanol–water partition coefficient (Wildman–Crippen LogP) is 3.05. The van der Waals surface area contributed by atoms with Crippen LogP contribution in [0.3, 0.4) is 0 Å². The number of nitrogens with one attached hydrogen (secondary N) is 1. The lowest BCUT2D eigenvalue weighted by Crippen LogP contribution is -2.33. The van der Waals surface area contributed by atoms with Crippen LogP contribution >= 0.6 is 0 Å². The maximum Gasteiger partial charge on any atom is 0.253 e. The SMILES string of the molecule is CC(=O)Nc1ccc(C(=O)N2CCCCCCC2)cc1. The van der Waals surface area contributed by atoms with Crippen LogP contribution in [0.15, 0.2) is 24.3 Å². The van der Waals surface area contributed by atoms with Gasteiger partial charge in [0.25, 0.3) is 5.91 Å². The molecule has 0 bridgehead atoms. The summed E-state index contributed by atoms with van der Waals surface area (Å²) in [7, 11) is 0. The Morgan fingerprint density at radius 2 is 1.50 bits per heavy atom. The Morgan fingerprint density at radius 3 is 2.05 bits per heavy atom. The largest absolute Gasteiger partial charge is 0.339 e. The smallest absolute Gasteiger partial charge is 0.253 e. The molecule has 1 aliphatic heterocycles. The molecule has 0 aliphatic carbocycles. The molecule has 4 heteroatoms. The molecular formula is C16H22N2O2. The minimum Gasteiger partial charge on any atom is -0.339 e. The van der Waals surface area contributed by atoms with Crippen LogP contribution in [0.5, 0.6) is 0 Å². The number of nitrogens with zero attached hydrogens (tertiary/aromatic N) is 1. The highest BCUT2D eigenvalue weighted by molar-refractivity contribution is 5.95. The Kier molecular flexibility index (Phi) is 5.16. The molecule has 0 saturated carbocycles. The lowest BCUT2D eigenvalue weighted by atomic mass is 10.1. The minimum absolute atomic E-state index is 0.0984. The van der Waals surface area contributed by atoms with Gasteiger partial charge in [0.2, 0.25) is 5.91 Å². The number of likely N-dealkylation sites (tertiary alicyclic amines) is 1. The van der Waals surface area contributed by atoms with Crippen molar-refractivity contribution in [2.75, 3.05) is 18.4 Å². The Bertz CT molecular complexity index is 460. The van der Waals surface area contributed by atoms with Crippen molar-refractivity contribution in [1.82, 2.24) is 4.90 Å². The van der Waals surface area contributed by atoms with E-state index in [1.807, 2.05) is 4.90 Å². The maximum atomic E-state index is 12.4. The van der Waals surface area contributed by atoms with E-state index in [2.05, 4.69) is 5.32 Å². The number of carbonyl (C=O) groups is 2. The van der Waals surface area contributed by atoms with Crippen LogP contribution in [-0.4, -0.2) is 29.8 Å². The Morgan fingerprint density at radius 1 is 0.950 bits per heavy atom. The van der Waals surface area contributed by atoms with Gasteiger partial charge in [-0.05, 0) is 37.1 Å². The summed E-state index contributed by atoms with van der Waals surface area (Å²) < 4.78 is 0. The van der Waals surface area contributed by atoms with E-state index < -0.39 is 0 Å². The third-order valence-corrected chi connectivity index (χ3v) is 3.60. The Balaban J connectivity index is 2.01. The van der Waals surface area contributed by atoms with Crippen LogP contribution in [0.25, 0.3) is 0 Å². The van der Waals surface area contributed by atoms with Gasteiger partial charge in [0, 0.05) is 31.3 Å². The molecule has 4 nitrogen and oxygen atoms in total. The van der Waals surface area contributed by atoms with Crippen molar-refractivity contribution in [1.29, 1.82) is 0 Å². The zero-order chi connectivity index (χ0) is 14.4. The number of hydrogen-bond donors (Lipinski definition) is 1. The lowest BCUT2D eigenvalue weighted by Gasteiger charge is -2.25. The highest BCUT2D eigenvalue weighted by atomic mass is 16.2. The summed E-state index contributed by atoms with van der Waals surface area (Å²) in [5, 5.41) is 2.70. The van der Waals surface area contributed by atoms with Crippen LogP contribution in [0.1, 0.15) is 49.4 Å². The van der Waals surface area contributed by atoms with Gasteiger partial charge >= 0.3 is 0 Å². The Labute approximate surface area is 120 Å². The molecule has 2 amide bonds. The maximum absolute atomic E-state index is 12.4. The summed E-state index contributed by atoms with van der Waals surface area (Å²) in [4.78, 5) is 25.4. The van der Waals surface area contributed by atoms with Crippen LogP contribution < -0.4 is 5.32 Å². The zero-order valence-electron chi connectivity index (χ0n) is 12.0. The van der Waals surface area contributed by atoms with Crippen molar-refractivity contribution in [3.05, 3.63) is 29.8 Å². The fourth-order valence-electron chi connectivity index (χ4n) is 2.53. The topological polar surface area (TPSA) is 49.4 Å². The normalized spacial score (nSPS) is 16.1. The van der Waals surface area contributed by atoms with E-state index in [-0.39, 0.29) is 11.8 Å². The van der Waals surface area contributed by atoms with Gasteiger partial charge in [-0.15, -0.1) is 0 Å². The highest BCUT2D eigenvalue weighted by Crippen LogP contribution is 2.15. The van der Waals surface area contributed by atoms with Gasteiger partial charge in [-0.1, -0.05) is 19.3 Å². The molecule has 0 radical (unpaired) electrons. The monoisotopic (exact) mass is 274 g/mol. The first-order valence-electron chi connectivity index (χ1n) is 7.34. The number of carbonyl (C=O) groups excluding carboxylic acids is 2. The summed E-state index contributed by atoms with van der Waals surface area (Å²) in [5.41, 5.74) is 1.42. The van der Waals surface area contributed by atoms with E-state index in [0.717, 1.165) is 31.6 Å². The number of amides is 2. The quantitative estimate of drug-likeness (QED) is 0.901. The average Bonchev–Trinajstić information content (AvgIpc) is 2.38.